The average molecular weight is 342 g/mol. The number of fused-ring (bicyclic) bond motifs is 1. The minimum atomic E-state index is -0.170. The van der Waals surface area contributed by atoms with E-state index >= 15 is 0 Å². The van der Waals surface area contributed by atoms with Gasteiger partial charge >= 0.3 is 6.03 Å². The lowest BCUT2D eigenvalue weighted by molar-refractivity contribution is 0.234. The van der Waals surface area contributed by atoms with Crippen molar-refractivity contribution in [2.24, 2.45) is 0 Å². The maximum atomic E-state index is 12.2. The summed E-state index contributed by atoms with van der Waals surface area (Å²) >= 11 is 0. The highest BCUT2D eigenvalue weighted by Crippen LogP contribution is 2.15. The molecule has 25 heavy (non-hydrogen) atoms. The van der Waals surface area contributed by atoms with Crippen LogP contribution in [0.1, 0.15) is 30.9 Å². The Kier molecular flexibility index (Phi) is 4.45. The van der Waals surface area contributed by atoms with E-state index in [0.29, 0.717) is 12.5 Å². The minimum absolute atomic E-state index is 0.0849. The topological polar surface area (TPSA) is 101 Å². The van der Waals surface area contributed by atoms with Gasteiger partial charge in [-0.25, -0.2) is 14.8 Å². The smallest absolute Gasteiger partial charge is 0.315 e. The first-order valence-electron chi connectivity index (χ1n) is 8.77. The first kappa shape index (κ1) is 15.8. The molecule has 9 heteroatoms. The van der Waals surface area contributed by atoms with E-state index in [1.165, 1.54) is 0 Å². The van der Waals surface area contributed by atoms with Gasteiger partial charge in [0.1, 0.15) is 5.82 Å². The van der Waals surface area contributed by atoms with Gasteiger partial charge in [0.2, 0.25) is 5.95 Å². The highest BCUT2D eigenvalue weighted by Gasteiger charge is 2.23. The van der Waals surface area contributed by atoms with Gasteiger partial charge in [-0.2, -0.15) is 0 Å². The third-order valence-electron chi connectivity index (χ3n) is 4.68. The number of aryl methyl sites for hydroxylation is 1. The Balaban J connectivity index is 1.28. The second kappa shape index (κ2) is 7.04. The molecule has 2 amide bonds. The van der Waals surface area contributed by atoms with Crippen LogP contribution in [0.2, 0.25) is 0 Å². The number of rotatable bonds is 4. The molecule has 0 radical (unpaired) electrons. The number of amides is 2. The van der Waals surface area contributed by atoms with E-state index in [-0.39, 0.29) is 12.1 Å². The number of aromatic nitrogens is 5. The van der Waals surface area contributed by atoms with Crippen LogP contribution in [0.5, 0.6) is 0 Å². The Hall–Kier alpha value is -2.71. The van der Waals surface area contributed by atoms with Crippen molar-refractivity contribution in [2.75, 3.05) is 18.0 Å². The molecular weight excluding hydrogens is 320 g/mol. The summed E-state index contributed by atoms with van der Waals surface area (Å²) in [5.74, 6) is 2.56. The summed E-state index contributed by atoms with van der Waals surface area (Å²) in [5, 5.41) is 14.2. The van der Waals surface area contributed by atoms with E-state index < -0.39 is 0 Å². The van der Waals surface area contributed by atoms with E-state index in [1.807, 2.05) is 0 Å². The largest absolute Gasteiger partial charge is 0.339 e. The summed E-state index contributed by atoms with van der Waals surface area (Å²) in [4.78, 5) is 22.9. The van der Waals surface area contributed by atoms with Crippen molar-refractivity contribution < 1.29 is 4.79 Å². The monoisotopic (exact) mass is 342 g/mol. The number of carbonyl (C=O) groups is 1. The van der Waals surface area contributed by atoms with Gasteiger partial charge in [-0.1, -0.05) is 0 Å². The van der Waals surface area contributed by atoms with Crippen molar-refractivity contribution >= 4 is 12.0 Å². The summed E-state index contributed by atoms with van der Waals surface area (Å²) in [7, 11) is 0. The van der Waals surface area contributed by atoms with Crippen LogP contribution in [0.4, 0.5) is 10.7 Å². The van der Waals surface area contributed by atoms with Crippen molar-refractivity contribution in [3.8, 4) is 0 Å². The lowest BCUT2D eigenvalue weighted by Crippen LogP contribution is -2.50. The van der Waals surface area contributed by atoms with Gasteiger partial charge in [-0.3, -0.25) is 0 Å². The second-order valence-corrected chi connectivity index (χ2v) is 6.45. The fraction of sp³-hybridized carbons (Fsp3) is 0.562. The van der Waals surface area contributed by atoms with Crippen molar-refractivity contribution in [2.45, 2.75) is 44.8 Å². The predicted molar refractivity (Wildman–Crippen MR) is 91.0 cm³/mol. The number of nitrogens with zero attached hydrogens (tertiary/aromatic N) is 6. The first-order chi connectivity index (χ1) is 12.3. The SMILES string of the molecule is O=C(NCc1nnc2n1CCC2)N[C@H]1CCCN(c2ncccn2)C1. The fourth-order valence-electron chi connectivity index (χ4n) is 3.47. The molecule has 4 rings (SSSR count). The van der Waals surface area contributed by atoms with Crippen LogP contribution < -0.4 is 15.5 Å². The molecule has 2 aliphatic heterocycles. The molecule has 2 aromatic rings. The summed E-state index contributed by atoms with van der Waals surface area (Å²) in [6, 6.07) is 1.72. The van der Waals surface area contributed by atoms with Gasteiger partial charge in [0.25, 0.3) is 0 Å². The molecule has 0 unspecified atom stereocenters. The zero-order chi connectivity index (χ0) is 17.1. The van der Waals surface area contributed by atoms with Gasteiger partial charge in [0.15, 0.2) is 5.82 Å². The highest BCUT2D eigenvalue weighted by atomic mass is 16.2. The lowest BCUT2D eigenvalue weighted by atomic mass is 10.1. The van der Waals surface area contributed by atoms with Crippen molar-refractivity contribution in [3.05, 3.63) is 30.1 Å². The number of hydrogen-bond acceptors (Lipinski definition) is 6. The fourth-order valence-corrected chi connectivity index (χ4v) is 3.47. The van der Waals surface area contributed by atoms with E-state index in [4.69, 9.17) is 0 Å². The second-order valence-electron chi connectivity index (χ2n) is 6.45. The van der Waals surface area contributed by atoms with Crippen LogP contribution >= 0.6 is 0 Å². The quantitative estimate of drug-likeness (QED) is 0.838. The maximum absolute atomic E-state index is 12.2. The van der Waals surface area contributed by atoms with Gasteiger partial charge in [0.05, 0.1) is 6.54 Å². The minimum Gasteiger partial charge on any atom is -0.339 e. The van der Waals surface area contributed by atoms with Gasteiger partial charge < -0.3 is 20.1 Å². The van der Waals surface area contributed by atoms with E-state index in [9.17, 15) is 4.79 Å². The normalized spacial score (nSPS) is 19.5. The first-order valence-corrected chi connectivity index (χ1v) is 8.77. The lowest BCUT2D eigenvalue weighted by Gasteiger charge is -2.33. The molecule has 1 fully saturated rings. The summed E-state index contributed by atoms with van der Waals surface area (Å²) < 4.78 is 2.09. The van der Waals surface area contributed by atoms with Crippen molar-refractivity contribution in [1.29, 1.82) is 0 Å². The maximum Gasteiger partial charge on any atom is 0.315 e. The zero-order valence-electron chi connectivity index (χ0n) is 14.1. The van der Waals surface area contributed by atoms with Crippen LogP contribution in [-0.4, -0.2) is 49.9 Å². The molecule has 0 saturated carbocycles. The molecule has 9 nitrogen and oxygen atoms in total. The number of nitrogens with one attached hydrogen (secondary N) is 2. The van der Waals surface area contributed by atoms with Crippen LogP contribution in [-0.2, 0) is 19.5 Å². The molecule has 0 bridgehead atoms. The molecule has 1 atom stereocenters. The summed E-state index contributed by atoms with van der Waals surface area (Å²) in [6.07, 6.45) is 7.51. The van der Waals surface area contributed by atoms with E-state index in [2.05, 4.69) is 40.3 Å². The summed E-state index contributed by atoms with van der Waals surface area (Å²) in [6.45, 7) is 2.97. The third kappa shape index (κ3) is 3.54. The van der Waals surface area contributed by atoms with Gasteiger partial charge in [-0.15, -0.1) is 10.2 Å². The Labute approximate surface area is 145 Å². The number of hydrogen-bond donors (Lipinski definition) is 2. The third-order valence-corrected chi connectivity index (χ3v) is 4.68. The number of urea groups is 1. The molecule has 2 aliphatic rings. The van der Waals surface area contributed by atoms with E-state index in [1.54, 1.807) is 18.5 Å². The summed E-state index contributed by atoms with van der Waals surface area (Å²) in [5.41, 5.74) is 0. The number of anilines is 1. The molecule has 0 spiro atoms. The molecule has 132 valence electrons. The molecule has 0 aliphatic carbocycles. The van der Waals surface area contributed by atoms with Crippen LogP contribution in [0.25, 0.3) is 0 Å². The predicted octanol–water partition coefficient (Wildman–Crippen LogP) is 0.483. The standard InChI is InChI=1S/C16H22N8O/c25-16(19-10-14-22-21-13-5-2-9-24(13)14)20-12-4-1-8-23(11-12)15-17-6-3-7-18-15/h3,6-7,12H,1-2,4-5,8-11H2,(H2,19,20,25)/t12-/m0/s1. The van der Waals surface area contributed by atoms with Crippen LogP contribution in [0.3, 0.4) is 0 Å². The highest BCUT2D eigenvalue weighted by molar-refractivity contribution is 5.74. The van der Waals surface area contributed by atoms with Crippen LogP contribution in [0.15, 0.2) is 18.5 Å². The molecule has 1 saturated heterocycles. The average Bonchev–Trinajstić information content (AvgIpc) is 3.25. The molecule has 0 aromatic carbocycles. The molecule has 2 aromatic heterocycles. The molecular formula is C16H22N8O. The Morgan fingerprint density at radius 3 is 2.96 bits per heavy atom. The number of carbonyl (C=O) groups excluding carboxylic acids is 1. The Morgan fingerprint density at radius 2 is 2.08 bits per heavy atom. The van der Waals surface area contributed by atoms with Crippen LogP contribution in [0, 0.1) is 0 Å². The van der Waals surface area contributed by atoms with Gasteiger partial charge in [0, 0.05) is 44.5 Å². The molecule has 4 heterocycles. The van der Waals surface area contributed by atoms with Crippen molar-refractivity contribution in [1.82, 2.24) is 35.4 Å². The molecule has 2 N–H and O–H groups in total. The van der Waals surface area contributed by atoms with Gasteiger partial charge in [-0.05, 0) is 25.3 Å². The number of piperidine rings is 1. The zero-order valence-corrected chi connectivity index (χ0v) is 14.1. The van der Waals surface area contributed by atoms with E-state index in [0.717, 1.165) is 57.0 Å². The Morgan fingerprint density at radius 1 is 1.20 bits per heavy atom. The van der Waals surface area contributed by atoms with Crippen molar-refractivity contribution in [3.63, 3.8) is 0 Å². The Bertz CT molecular complexity index is 731.